The van der Waals surface area contributed by atoms with Gasteiger partial charge < -0.3 is 96.7 Å². The number of phenolic OH excluding ortho intramolecular Hbond substituents is 1. The molecule has 3 heterocycles. The Bertz CT molecular complexity index is 2970. The SMILES string of the molecule is C[C@@H](O)C1NC(=O)[C@@H](N)C[C@@H](O)CNC(=O)[C@@H]2[C@@H](O)[C@@H](C)CN2C(=O)[C@H]([C@H](O)CC(=O)NCCNC(=O)OCC2c3ccccc3-c3ccccc32)NC(=O)[C@H]([C@H](O)Cc2ccc(O)c(OS(=O)(=O)[O-])c2)NC(=O)[C@@H]2C[C@@H](O)CN2C1=O.[Na+]. The Morgan fingerprint density at radius 1 is 0.771 bits per heavy atom. The first-order valence-electron chi connectivity index (χ1n) is 26.2. The minimum atomic E-state index is -5.49. The van der Waals surface area contributed by atoms with Crippen LogP contribution in [0.5, 0.6) is 11.5 Å². The Morgan fingerprint density at radius 3 is 2.01 bits per heavy atom. The van der Waals surface area contributed by atoms with Crippen molar-refractivity contribution < 1.29 is 126 Å². The van der Waals surface area contributed by atoms with E-state index in [0.29, 0.717) is 0 Å². The minimum absolute atomic E-state index is 0. The zero-order valence-corrected chi connectivity index (χ0v) is 48.1. The van der Waals surface area contributed by atoms with Crippen molar-refractivity contribution in [3.8, 4) is 22.6 Å². The molecule has 83 heavy (non-hydrogen) atoms. The second kappa shape index (κ2) is 28.4. The van der Waals surface area contributed by atoms with Crippen molar-refractivity contribution in [2.75, 3.05) is 39.3 Å². The van der Waals surface area contributed by atoms with Crippen LogP contribution < -0.4 is 71.4 Å². The molecule has 3 aliphatic heterocycles. The summed E-state index contributed by atoms with van der Waals surface area (Å²) in [7, 11) is -5.49. The number of alkyl carbamates (subject to hydrolysis) is 1. The number of hydrogen-bond acceptors (Lipinski definition) is 21. The number of carbonyl (C=O) groups is 8. The molecule has 3 aromatic carbocycles. The third kappa shape index (κ3) is 16.2. The van der Waals surface area contributed by atoms with Crippen LogP contribution in [0, 0.1) is 5.92 Å². The minimum Gasteiger partial charge on any atom is -0.716 e. The molecule has 15 N–H and O–H groups in total. The summed E-state index contributed by atoms with van der Waals surface area (Å²) in [5.74, 6) is -11.3. The predicted octanol–water partition coefficient (Wildman–Crippen LogP) is -8.24. The van der Waals surface area contributed by atoms with E-state index in [4.69, 9.17) is 10.5 Å². The number of nitrogens with two attached hydrogens (primary N) is 1. The second-order valence-corrected chi connectivity index (χ2v) is 21.7. The second-order valence-electron chi connectivity index (χ2n) is 20.7. The van der Waals surface area contributed by atoms with Crippen LogP contribution in [-0.2, 0) is 55.1 Å². The van der Waals surface area contributed by atoms with E-state index in [9.17, 15) is 87.1 Å². The third-order valence-corrected chi connectivity index (χ3v) is 15.0. The fourth-order valence-electron chi connectivity index (χ4n) is 10.4. The molecule has 3 aromatic rings. The number of hydrogen-bond donors (Lipinski definition) is 14. The molecule has 0 spiro atoms. The zero-order chi connectivity index (χ0) is 59.9. The van der Waals surface area contributed by atoms with Gasteiger partial charge in [0.25, 0.3) is 10.4 Å². The molecule has 0 radical (unpaired) electrons. The molecule has 446 valence electrons. The first kappa shape index (κ1) is 65.6. The Hall–Kier alpha value is -6.55. The molecule has 8 amide bonds. The van der Waals surface area contributed by atoms with E-state index >= 15 is 0 Å². The van der Waals surface area contributed by atoms with Gasteiger partial charge in [-0.3, -0.25) is 33.6 Å². The van der Waals surface area contributed by atoms with Gasteiger partial charge >= 0.3 is 35.7 Å². The van der Waals surface area contributed by atoms with Crippen LogP contribution in [0.25, 0.3) is 11.1 Å². The van der Waals surface area contributed by atoms with Crippen molar-refractivity contribution in [1.82, 2.24) is 41.7 Å². The van der Waals surface area contributed by atoms with Gasteiger partial charge in [-0.25, -0.2) is 13.2 Å². The first-order valence-corrected chi connectivity index (χ1v) is 27.5. The summed E-state index contributed by atoms with van der Waals surface area (Å²) in [4.78, 5) is 113. The predicted molar refractivity (Wildman–Crippen MR) is 281 cm³/mol. The topological polar surface area (TPSA) is 459 Å². The smallest absolute Gasteiger partial charge is 0.716 e. The standard InChI is InChI=1S/C52H67N9O20S.Na/c1-24-21-61-44(45(24)69)49(73)56-20-27(63)17-34(53)46(70)57-41(25(2)62)50(74)60-22-28(64)18-35(60)47(71)58-42(37(66)15-26-11-12-36(65)39(16-26)81-82(77,78)79)48(72)59-43(51(61)75)38(67)19-40(68)54-13-14-55-52(76)80-23-33-31-9-5-3-7-29(31)30-8-4-6-10-32(30)33;/h3-12,16,24-25,27-28,33-35,37-38,41-45,62-67,69H,13-15,17-23,53H2,1-2H3,(H,54,68)(H,55,76)(H,56,73)(H,57,70)(H,58,71)(H,59,72)(H,77,78,79);/q;+1/p-1/t24-,25+,27+,28+,34-,35-,37+,38+,41?,42-,43-,44-,45-;/m0./s1. The Labute approximate surface area is 497 Å². The summed E-state index contributed by atoms with van der Waals surface area (Å²) < 4.78 is 44.2. The largest absolute Gasteiger partial charge is 1.00 e. The third-order valence-electron chi connectivity index (χ3n) is 14.6. The number of amides is 8. The summed E-state index contributed by atoms with van der Waals surface area (Å²) in [5.41, 5.74) is 9.86. The van der Waals surface area contributed by atoms with Crippen molar-refractivity contribution in [3.63, 3.8) is 0 Å². The molecule has 4 aliphatic rings. The van der Waals surface area contributed by atoms with Gasteiger partial charge in [0.05, 0.1) is 49.1 Å². The van der Waals surface area contributed by atoms with Crippen molar-refractivity contribution in [3.05, 3.63) is 83.4 Å². The molecule has 7 rings (SSSR count). The molecular weight excluding hydrogens is 1130 g/mol. The fraction of sp³-hybridized carbons (Fsp3) is 0.500. The molecule has 3 saturated heterocycles. The van der Waals surface area contributed by atoms with Gasteiger partial charge in [0.1, 0.15) is 36.8 Å². The molecule has 0 saturated carbocycles. The van der Waals surface area contributed by atoms with Crippen LogP contribution in [0.3, 0.4) is 0 Å². The van der Waals surface area contributed by atoms with Crippen molar-refractivity contribution in [2.45, 2.75) is 118 Å². The molecule has 1 unspecified atom stereocenters. The quantitative estimate of drug-likeness (QED) is 0.0308. The van der Waals surface area contributed by atoms with Gasteiger partial charge in [-0.2, -0.15) is 0 Å². The van der Waals surface area contributed by atoms with Crippen molar-refractivity contribution in [2.24, 2.45) is 11.7 Å². The van der Waals surface area contributed by atoms with Gasteiger partial charge in [0, 0.05) is 57.4 Å². The van der Waals surface area contributed by atoms with Crippen LogP contribution in [0.2, 0.25) is 0 Å². The molecule has 3 fully saturated rings. The summed E-state index contributed by atoms with van der Waals surface area (Å²) in [6.45, 7) is 0.423. The van der Waals surface area contributed by atoms with Crippen LogP contribution in [0.4, 0.5) is 4.79 Å². The van der Waals surface area contributed by atoms with Gasteiger partial charge in [-0.1, -0.05) is 61.5 Å². The number of aliphatic hydroxyl groups is 6. The van der Waals surface area contributed by atoms with Gasteiger partial charge in [-0.15, -0.1) is 0 Å². The zero-order valence-electron chi connectivity index (χ0n) is 45.3. The number of β-amino-alcohol motifs (C(OH)–C–C–N with tert-alkyl or cyclic N) is 1. The maximum Gasteiger partial charge on any atom is 1.00 e. The van der Waals surface area contributed by atoms with E-state index in [2.05, 4.69) is 36.1 Å². The van der Waals surface area contributed by atoms with E-state index < -0.39 is 193 Å². The van der Waals surface area contributed by atoms with Crippen molar-refractivity contribution in [1.29, 1.82) is 0 Å². The molecule has 0 aromatic heterocycles. The summed E-state index contributed by atoms with van der Waals surface area (Å²) in [6.07, 6.45) is -14.5. The van der Waals surface area contributed by atoms with Gasteiger partial charge in [0.15, 0.2) is 11.5 Å². The molecule has 1 aliphatic carbocycles. The molecule has 29 nitrogen and oxygen atoms in total. The molecule has 0 bridgehead atoms. The number of ether oxygens (including phenoxy) is 1. The van der Waals surface area contributed by atoms with Gasteiger partial charge in [0.2, 0.25) is 41.4 Å². The van der Waals surface area contributed by atoms with Crippen LogP contribution in [0.15, 0.2) is 66.7 Å². The molecule has 13 atom stereocenters. The van der Waals surface area contributed by atoms with Crippen LogP contribution in [0.1, 0.15) is 55.7 Å². The number of aromatic hydroxyl groups is 1. The Kier molecular flexibility index (Phi) is 22.4. The normalized spacial score (nSPS) is 26.6. The Balaban J connectivity index is 0.0000111. The summed E-state index contributed by atoms with van der Waals surface area (Å²) in [6, 6.07) is 6.53. The number of carbonyl (C=O) groups excluding carboxylic acids is 8. The average molecular weight is 1190 g/mol. The average Bonchev–Trinajstić information content (AvgIpc) is 2.88. The Morgan fingerprint density at radius 2 is 1.37 bits per heavy atom. The number of nitrogens with one attached hydrogen (secondary N) is 6. The molecular formula is C52H66N9NaO20S. The first-order chi connectivity index (χ1) is 38.7. The number of aliphatic hydroxyl groups excluding tert-OH is 6. The van der Waals surface area contributed by atoms with Crippen LogP contribution in [-0.4, -0.2) is 218 Å². The van der Waals surface area contributed by atoms with Crippen LogP contribution >= 0.6 is 0 Å². The van der Waals surface area contributed by atoms with E-state index in [1.165, 1.54) is 6.92 Å². The molecule has 31 heteroatoms. The van der Waals surface area contributed by atoms with Gasteiger partial charge in [-0.05, 0) is 53.3 Å². The summed E-state index contributed by atoms with van der Waals surface area (Å²) >= 11 is 0. The van der Waals surface area contributed by atoms with E-state index in [1.54, 1.807) is 0 Å². The number of rotatable bonds is 14. The van der Waals surface area contributed by atoms with Crippen molar-refractivity contribution >= 4 is 57.8 Å². The van der Waals surface area contributed by atoms with E-state index in [-0.39, 0.29) is 60.7 Å². The van der Waals surface area contributed by atoms with E-state index in [1.807, 2.05) is 48.5 Å². The maximum atomic E-state index is 14.8. The summed E-state index contributed by atoms with van der Waals surface area (Å²) in [5, 5.41) is 91.7. The maximum absolute atomic E-state index is 14.8. The number of nitrogens with zero attached hydrogens (tertiary/aromatic N) is 2. The number of benzene rings is 3. The monoisotopic (exact) mass is 1190 g/mol. The van der Waals surface area contributed by atoms with E-state index in [0.717, 1.165) is 57.2 Å². The fourth-order valence-corrected chi connectivity index (χ4v) is 10.8. The number of fused-ring (bicyclic) bond motifs is 5. The number of phenols is 1.